The van der Waals surface area contributed by atoms with Crippen LogP contribution in [0.15, 0.2) is 34.8 Å². The number of aromatic nitrogens is 2. The van der Waals surface area contributed by atoms with Crippen molar-refractivity contribution in [3.05, 3.63) is 51.9 Å². The third-order valence-corrected chi connectivity index (χ3v) is 3.49. The number of rotatable bonds is 3. The highest BCUT2D eigenvalue weighted by atomic mass is 79.9. The van der Waals surface area contributed by atoms with Gasteiger partial charge in [0.15, 0.2) is 0 Å². The lowest BCUT2D eigenvalue weighted by Crippen LogP contribution is -2.18. The van der Waals surface area contributed by atoms with Crippen LogP contribution in [-0.2, 0) is 11.8 Å². The Kier molecular flexibility index (Phi) is 4.40. The molecule has 1 aromatic carbocycles. The van der Waals surface area contributed by atoms with Crippen molar-refractivity contribution in [2.75, 3.05) is 5.43 Å². The summed E-state index contributed by atoms with van der Waals surface area (Å²) in [6.07, 6.45) is 0.686. The van der Waals surface area contributed by atoms with E-state index in [0.29, 0.717) is 12.2 Å². The van der Waals surface area contributed by atoms with Crippen molar-refractivity contribution in [1.29, 1.82) is 0 Å². The van der Waals surface area contributed by atoms with Crippen molar-refractivity contribution >= 4 is 21.7 Å². The molecule has 0 atom stereocenters. The Bertz CT molecular complexity index is 588. The topological polar surface area (TPSA) is 63.8 Å². The predicted molar refractivity (Wildman–Crippen MR) is 85.5 cm³/mol. The lowest BCUT2D eigenvalue weighted by Gasteiger charge is -2.19. The van der Waals surface area contributed by atoms with Gasteiger partial charge in [-0.3, -0.25) is 0 Å². The van der Waals surface area contributed by atoms with Crippen LogP contribution in [0.5, 0.6) is 0 Å². The number of halogens is 1. The first kappa shape index (κ1) is 14.9. The standard InChI is InChI=1S/C15H19BrN4/c1-15(2,3)12-9-14(20-17)19-13(18-12)8-10-4-6-11(16)7-5-10/h4-7,9H,8,17H2,1-3H3,(H,18,19,20). The zero-order valence-corrected chi connectivity index (χ0v) is 13.5. The van der Waals surface area contributed by atoms with Gasteiger partial charge >= 0.3 is 0 Å². The van der Waals surface area contributed by atoms with Gasteiger partial charge in [0.1, 0.15) is 11.6 Å². The molecule has 4 nitrogen and oxygen atoms in total. The SMILES string of the molecule is CC(C)(C)c1cc(NN)nc(Cc2ccc(Br)cc2)n1. The second kappa shape index (κ2) is 5.89. The number of nitrogens with one attached hydrogen (secondary N) is 1. The number of anilines is 1. The van der Waals surface area contributed by atoms with E-state index in [4.69, 9.17) is 5.84 Å². The Morgan fingerprint density at radius 3 is 2.35 bits per heavy atom. The fourth-order valence-corrected chi connectivity index (χ4v) is 2.08. The molecular formula is C15H19BrN4. The van der Waals surface area contributed by atoms with Gasteiger partial charge < -0.3 is 5.43 Å². The minimum Gasteiger partial charge on any atom is -0.308 e. The van der Waals surface area contributed by atoms with E-state index in [1.54, 1.807) is 0 Å². The molecule has 0 unspecified atom stereocenters. The van der Waals surface area contributed by atoms with Gasteiger partial charge in [0, 0.05) is 22.4 Å². The summed E-state index contributed by atoms with van der Waals surface area (Å²) in [5.74, 6) is 6.92. The molecule has 2 rings (SSSR count). The van der Waals surface area contributed by atoms with E-state index >= 15 is 0 Å². The number of hydrazine groups is 1. The molecule has 3 N–H and O–H groups in total. The van der Waals surface area contributed by atoms with E-state index in [1.807, 2.05) is 18.2 Å². The molecule has 0 spiro atoms. The Morgan fingerprint density at radius 2 is 1.80 bits per heavy atom. The van der Waals surface area contributed by atoms with Crippen molar-refractivity contribution in [2.24, 2.45) is 5.84 Å². The van der Waals surface area contributed by atoms with Crippen LogP contribution in [0.1, 0.15) is 37.9 Å². The van der Waals surface area contributed by atoms with E-state index in [-0.39, 0.29) is 5.41 Å². The van der Waals surface area contributed by atoms with Crippen molar-refractivity contribution in [2.45, 2.75) is 32.6 Å². The number of hydrogen-bond acceptors (Lipinski definition) is 4. The van der Waals surface area contributed by atoms with Crippen LogP contribution in [0.25, 0.3) is 0 Å². The van der Waals surface area contributed by atoms with Gasteiger partial charge in [0.2, 0.25) is 0 Å². The molecule has 0 bridgehead atoms. The highest BCUT2D eigenvalue weighted by molar-refractivity contribution is 9.10. The summed E-state index contributed by atoms with van der Waals surface area (Å²) < 4.78 is 1.06. The van der Waals surface area contributed by atoms with Crippen LogP contribution in [0.3, 0.4) is 0 Å². The van der Waals surface area contributed by atoms with E-state index in [0.717, 1.165) is 16.0 Å². The maximum atomic E-state index is 5.50. The summed E-state index contributed by atoms with van der Waals surface area (Å²) in [7, 11) is 0. The zero-order chi connectivity index (χ0) is 14.8. The summed E-state index contributed by atoms with van der Waals surface area (Å²) in [6.45, 7) is 6.37. The summed E-state index contributed by atoms with van der Waals surface area (Å²) in [5.41, 5.74) is 4.73. The van der Waals surface area contributed by atoms with Crippen molar-refractivity contribution < 1.29 is 0 Å². The molecular weight excluding hydrogens is 316 g/mol. The van der Waals surface area contributed by atoms with Crippen LogP contribution in [0.2, 0.25) is 0 Å². The average molecular weight is 335 g/mol. The molecule has 2 aromatic rings. The highest BCUT2D eigenvalue weighted by Crippen LogP contribution is 2.23. The number of nitrogen functional groups attached to an aromatic ring is 1. The van der Waals surface area contributed by atoms with E-state index < -0.39 is 0 Å². The van der Waals surface area contributed by atoms with Gasteiger partial charge in [-0.25, -0.2) is 15.8 Å². The fourth-order valence-electron chi connectivity index (χ4n) is 1.82. The minimum absolute atomic E-state index is 0.0387. The lowest BCUT2D eigenvalue weighted by atomic mass is 9.92. The largest absolute Gasteiger partial charge is 0.308 e. The van der Waals surface area contributed by atoms with Crippen LogP contribution < -0.4 is 11.3 Å². The van der Waals surface area contributed by atoms with Gasteiger partial charge in [0.05, 0.1) is 5.69 Å². The third kappa shape index (κ3) is 3.77. The summed E-state index contributed by atoms with van der Waals surface area (Å²) in [5, 5.41) is 0. The summed E-state index contributed by atoms with van der Waals surface area (Å²) >= 11 is 3.43. The molecule has 0 saturated heterocycles. The Balaban J connectivity index is 2.33. The van der Waals surface area contributed by atoms with Crippen molar-refractivity contribution in [3.8, 4) is 0 Å². The second-order valence-corrected chi connectivity index (χ2v) is 6.67. The molecule has 1 heterocycles. The van der Waals surface area contributed by atoms with Crippen molar-refractivity contribution in [3.63, 3.8) is 0 Å². The maximum absolute atomic E-state index is 5.50. The normalized spacial score (nSPS) is 11.4. The number of nitrogens with zero attached hydrogens (tertiary/aromatic N) is 2. The fraction of sp³-hybridized carbons (Fsp3) is 0.333. The number of nitrogens with two attached hydrogens (primary N) is 1. The minimum atomic E-state index is -0.0387. The molecule has 0 saturated carbocycles. The van der Waals surface area contributed by atoms with Gasteiger partial charge in [0.25, 0.3) is 0 Å². The molecule has 0 amide bonds. The number of benzene rings is 1. The van der Waals surface area contributed by atoms with E-state index in [1.165, 1.54) is 5.56 Å². The van der Waals surface area contributed by atoms with Crippen LogP contribution in [0.4, 0.5) is 5.82 Å². The monoisotopic (exact) mass is 334 g/mol. The third-order valence-electron chi connectivity index (χ3n) is 2.96. The first-order valence-electron chi connectivity index (χ1n) is 6.48. The molecule has 106 valence electrons. The lowest BCUT2D eigenvalue weighted by molar-refractivity contribution is 0.563. The maximum Gasteiger partial charge on any atom is 0.143 e. The first-order valence-corrected chi connectivity index (χ1v) is 7.27. The van der Waals surface area contributed by atoms with Crippen LogP contribution in [0, 0.1) is 0 Å². The predicted octanol–water partition coefficient (Wildman–Crippen LogP) is 3.41. The van der Waals surface area contributed by atoms with Crippen LogP contribution >= 0.6 is 15.9 Å². The molecule has 5 heteroatoms. The molecule has 0 aliphatic carbocycles. The molecule has 0 aliphatic rings. The van der Waals surface area contributed by atoms with Gasteiger partial charge in [-0.1, -0.05) is 48.8 Å². The van der Waals surface area contributed by atoms with Crippen molar-refractivity contribution in [1.82, 2.24) is 9.97 Å². The Labute approximate surface area is 127 Å². The highest BCUT2D eigenvalue weighted by Gasteiger charge is 2.17. The quantitative estimate of drug-likeness (QED) is 0.666. The zero-order valence-electron chi connectivity index (χ0n) is 11.9. The smallest absolute Gasteiger partial charge is 0.143 e. The van der Waals surface area contributed by atoms with Crippen LogP contribution in [-0.4, -0.2) is 9.97 Å². The molecule has 0 fully saturated rings. The Morgan fingerprint density at radius 1 is 1.15 bits per heavy atom. The molecule has 0 radical (unpaired) electrons. The first-order chi connectivity index (χ1) is 9.38. The van der Waals surface area contributed by atoms with E-state index in [2.05, 4.69) is 64.2 Å². The molecule has 0 aliphatic heterocycles. The van der Waals surface area contributed by atoms with Gasteiger partial charge in [-0.15, -0.1) is 0 Å². The van der Waals surface area contributed by atoms with Gasteiger partial charge in [-0.2, -0.15) is 0 Å². The average Bonchev–Trinajstić information content (AvgIpc) is 2.40. The number of hydrogen-bond donors (Lipinski definition) is 2. The van der Waals surface area contributed by atoms with E-state index in [9.17, 15) is 0 Å². The summed E-state index contributed by atoms with van der Waals surface area (Å²) in [6, 6.07) is 10.1. The summed E-state index contributed by atoms with van der Waals surface area (Å²) in [4.78, 5) is 9.08. The molecule has 20 heavy (non-hydrogen) atoms. The molecule has 1 aromatic heterocycles. The second-order valence-electron chi connectivity index (χ2n) is 5.75. The Hall–Kier alpha value is -1.46. The van der Waals surface area contributed by atoms with Gasteiger partial charge in [-0.05, 0) is 17.7 Å².